The summed E-state index contributed by atoms with van der Waals surface area (Å²) in [4.78, 5) is 73.1. The second-order valence-corrected chi connectivity index (χ2v) is 34.2. The van der Waals surface area contributed by atoms with Crippen LogP contribution in [0.15, 0.2) is 0 Å². The van der Waals surface area contributed by atoms with Gasteiger partial charge in [-0.25, -0.2) is 9.13 Å². The normalized spacial score (nSPS) is 14.5. The largest absolute Gasteiger partial charge is 0.472 e. The molecule has 5 unspecified atom stereocenters. The summed E-state index contributed by atoms with van der Waals surface area (Å²) in [6, 6.07) is 0. The lowest BCUT2D eigenvalue weighted by molar-refractivity contribution is -0.161. The van der Waals surface area contributed by atoms with Crippen LogP contribution in [-0.2, 0) is 65.4 Å². The Hall–Kier alpha value is -1.94. The van der Waals surface area contributed by atoms with Crippen molar-refractivity contribution in [2.45, 2.75) is 446 Å². The van der Waals surface area contributed by atoms with Crippen molar-refractivity contribution in [2.75, 3.05) is 39.6 Å². The zero-order valence-electron chi connectivity index (χ0n) is 67.2. The average Bonchev–Trinajstić information content (AvgIpc) is 0.911. The minimum atomic E-state index is -4.96. The Morgan fingerprint density at radius 3 is 0.696 bits per heavy atom. The van der Waals surface area contributed by atoms with Crippen molar-refractivity contribution >= 4 is 39.5 Å². The topological polar surface area (TPSA) is 237 Å². The Bertz CT molecular complexity index is 1990. The quantitative estimate of drug-likeness (QED) is 0.0222. The van der Waals surface area contributed by atoms with Crippen molar-refractivity contribution in [1.82, 2.24) is 0 Å². The average molecular weight is 1490 g/mol. The lowest BCUT2D eigenvalue weighted by Crippen LogP contribution is -2.30. The number of carbonyl (C=O) groups is 4. The van der Waals surface area contributed by atoms with Gasteiger partial charge in [0.2, 0.25) is 0 Å². The van der Waals surface area contributed by atoms with Crippen molar-refractivity contribution in [2.24, 2.45) is 23.7 Å². The zero-order chi connectivity index (χ0) is 75.3. The smallest absolute Gasteiger partial charge is 0.462 e. The van der Waals surface area contributed by atoms with Gasteiger partial charge in [-0.1, -0.05) is 376 Å². The molecule has 606 valence electrons. The van der Waals surface area contributed by atoms with E-state index in [1.54, 1.807) is 0 Å². The van der Waals surface area contributed by atoms with Crippen LogP contribution in [0.1, 0.15) is 428 Å². The first kappa shape index (κ1) is 100. The Labute approximate surface area is 626 Å². The molecule has 0 saturated heterocycles. The highest BCUT2D eigenvalue weighted by molar-refractivity contribution is 7.47. The maximum absolute atomic E-state index is 13.1. The molecular weight excluding hydrogens is 1330 g/mol. The van der Waals surface area contributed by atoms with Crippen molar-refractivity contribution in [1.29, 1.82) is 0 Å². The molecule has 0 aliphatic heterocycles. The summed E-state index contributed by atoms with van der Waals surface area (Å²) < 4.78 is 68.8. The van der Waals surface area contributed by atoms with E-state index in [2.05, 4.69) is 55.4 Å². The summed E-state index contributed by atoms with van der Waals surface area (Å²) >= 11 is 0. The number of carbonyl (C=O) groups excluding carboxylic acids is 4. The first-order valence-electron chi connectivity index (χ1n) is 42.8. The monoisotopic (exact) mass is 1490 g/mol. The van der Waals surface area contributed by atoms with Gasteiger partial charge in [-0.3, -0.25) is 37.3 Å². The number of aliphatic hydroxyl groups is 1. The molecule has 0 spiro atoms. The summed E-state index contributed by atoms with van der Waals surface area (Å²) in [5, 5.41) is 10.6. The molecule has 0 saturated carbocycles. The van der Waals surface area contributed by atoms with E-state index < -0.39 is 97.5 Å². The second kappa shape index (κ2) is 72.0. The summed E-state index contributed by atoms with van der Waals surface area (Å²) in [6.45, 7) is 14.3. The molecule has 0 aromatic rings. The first-order chi connectivity index (χ1) is 49.2. The van der Waals surface area contributed by atoms with E-state index in [0.29, 0.717) is 25.7 Å². The lowest BCUT2D eigenvalue weighted by atomic mass is 9.99. The van der Waals surface area contributed by atoms with Gasteiger partial charge >= 0.3 is 39.5 Å². The number of hydrogen-bond acceptors (Lipinski definition) is 15. The predicted molar refractivity (Wildman–Crippen MR) is 418 cm³/mol. The Kier molecular flexibility index (Phi) is 70.6. The lowest BCUT2D eigenvalue weighted by Gasteiger charge is -2.21. The van der Waals surface area contributed by atoms with Gasteiger partial charge in [0.05, 0.1) is 26.4 Å². The maximum Gasteiger partial charge on any atom is 0.472 e. The van der Waals surface area contributed by atoms with Gasteiger partial charge in [0.15, 0.2) is 12.2 Å². The molecule has 0 radical (unpaired) electrons. The fourth-order valence-electron chi connectivity index (χ4n) is 12.7. The van der Waals surface area contributed by atoms with Gasteiger partial charge in [0, 0.05) is 25.7 Å². The molecule has 0 fully saturated rings. The highest BCUT2D eigenvalue weighted by Crippen LogP contribution is 2.45. The summed E-state index contributed by atoms with van der Waals surface area (Å²) in [5.74, 6) is 1.05. The number of rotatable bonds is 80. The number of phosphoric acid groups is 2. The SMILES string of the molecule is CCC(C)CCCCCCCCCCCCCCCCCCCCC(=O)O[C@H](COC(=O)CCCCCCCCCCCCCCCCC(C)C)COP(=O)(O)OCC(O)COP(=O)(O)OC[C@@H](COC(=O)CCCCCCCCCCC(C)C)OC(=O)CCCCCCCCCCC(C)CC. The van der Waals surface area contributed by atoms with Crippen LogP contribution in [0.2, 0.25) is 0 Å². The third-order valence-corrected chi connectivity index (χ3v) is 21.9. The Balaban J connectivity index is 5.23. The third-order valence-electron chi connectivity index (χ3n) is 20.0. The van der Waals surface area contributed by atoms with Crippen LogP contribution in [0.4, 0.5) is 0 Å². The van der Waals surface area contributed by atoms with Crippen LogP contribution in [0.25, 0.3) is 0 Å². The van der Waals surface area contributed by atoms with Crippen LogP contribution < -0.4 is 0 Å². The fourth-order valence-corrected chi connectivity index (χ4v) is 14.3. The highest BCUT2D eigenvalue weighted by Gasteiger charge is 2.30. The number of esters is 4. The fraction of sp³-hybridized carbons (Fsp3) is 0.952. The van der Waals surface area contributed by atoms with E-state index in [-0.39, 0.29) is 25.7 Å². The predicted octanol–water partition coefficient (Wildman–Crippen LogP) is 24.8. The summed E-state index contributed by atoms with van der Waals surface area (Å²) in [7, 11) is -9.92. The van der Waals surface area contributed by atoms with Gasteiger partial charge in [-0.05, 0) is 49.4 Å². The molecule has 0 rings (SSSR count). The van der Waals surface area contributed by atoms with Crippen LogP contribution in [-0.4, -0.2) is 96.7 Å². The molecule has 0 aromatic heterocycles. The number of ether oxygens (including phenoxy) is 4. The van der Waals surface area contributed by atoms with E-state index in [4.69, 9.17) is 37.0 Å². The van der Waals surface area contributed by atoms with E-state index in [0.717, 1.165) is 114 Å². The van der Waals surface area contributed by atoms with E-state index in [1.807, 2.05) is 0 Å². The van der Waals surface area contributed by atoms with E-state index in [9.17, 15) is 43.2 Å². The number of phosphoric ester groups is 2. The van der Waals surface area contributed by atoms with Crippen molar-refractivity contribution in [3.05, 3.63) is 0 Å². The van der Waals surface area contributed by atoms with Crippen LogP contribution in [0.3, 0.4) is 0 Å². The highest BCUT2D eigenvalue weighted by atomic mass is 31.2. The molecule has 0 aromatic carbocycles. The van der Waals surface area contributed by atoms with Crippen molar-refractivity contribution in [3.8, 4) is 0 Å². The van der Waals surface area contributed by atoms with Crippen molar-refractivity contribution < 1.29 is 80.2 Å². The Morgan fingerprint density at radius 1 is 0.275 bits per heavy atom. The third kappa shape index (κ3) is 73.6. The summed E-state index contributed by atoms with van der Waals surface area (Å²) in [5.41, 5.74) is 0. The Morgan fingerprint density at radius 2 is 0.471 bits per heavy atom. The molecule has 0 bridgehead atoms. The molecule has 102 heavy (non-hydrogen) atoms. The second-order valence-electron chi connectivity index (χ2n) is 31.3. The van der Waals surface area contributed by atoms with Gasteiger partial charge in [-0.15, -0.1) is 0 Å². The van der Waals surface area contributed by atoms with Gasteiger partial charge < -0.3 is 33.8 Å². The number of hydrogen-bond donors (Lipinski definition) is 3. The number of unbranched alkanes of at least 4 members (excludes halogenated alkanes) is 44. The van der Waals surface area contributed by atoms with E-state index in [1.165, 1.54) is 231 Å². The van der Waals surface area contributed by atoms with Crippen LogP contribution >= 0.6 is 15.6 Å². The summed E-state index contributed by atoms with van der Waals surface area (Å²) in [6.07, 6.45) is 59.7. The van der Waals surface area contributed by atoms with Crippen LogP contribution in [0, 0.1) is 23.7 Å². The van der Waals surface area contributed by atoms with Gasteiger partial charge in [0.25, 0.3) is 0 Å². The van der Waals surface area contributed by atoms with Gasteiger partial charge in [0.1, 0.15) is 19.3 Å². The number of aliphatic hydroxyl groups excluding tert-OH is 1. The molecular formula is C83H162O17P2. The molecule has 0 heterocycles. The minimum absolute atomic E-state index is 0.104. The minimum Gasteiger partial charge on any atom is -0.462 e. The van der Waals surface area contributed by atoms with Crippen molar-refractivity contribution in [3.63, 3.8) is 0 Å². The molecule has 0 aliphatic rings. The zero-order valence-corrected chi connectivity index (χ0v) is 69.0. The molecule has 19 heteroatoms. The maximum atomic E-state index is 13.1. The molecule has 3 N–H and O–H groups in total. The molecule has 0 aliphatic carbocycles. The molecule has 17 nitrogen and oxygen atoms in total. The first-order valence-corrected chi connectivity index (χ1v) is 45.8. The molecule has 0 amide bonds. The molecule has 7 atom stereocenters. The van der Waals surface area contributed by atoms with E-state index >= 15 is 0 Å². The van der Waals surface area contributed by atoms with Crippen LogP contribution in [0.5, 0.6) is 0 Å². The standard InChI is InChI=1S/C83H162O17P2/c1-9-75(7)61-53-45-37-28-24-20-15-13-11-12-14-16-22-26-30-41-49-57-65-82(87)99-78(69-93-80(85)63-55-47-39-29-25-21-18-17-19-23-27-35-43-51-59-73(3)4)71-97-101(89,90)95-67-77(84)68-96-102(91,92)98-72-79(70-94-81(86)64-56-48-40-33-31-36-44-52-60-74(5)6)100-83(88)66-58-50-42-34-32-38-46-54-62-76(8)10-2/h73-79,84H,9-72H2,1-8H3,(H,89,90)(H,91,92)/t75?,76?,77?,78-,79-/m1/s1. The van der Waals surface area contributed by atoms with Gasteiger partial charge in [-0.2, -0.15) is 0 Å².